The maximum Gasteiger partial charge on any atom is 0.170 e. The lowest BCUT2D eigenvalue weighted by Crippen LogP contribution is -2.29. The number of thiocarbonyl (C=S) groups is 1. The molecule has 0 aliphatic rings. The number of aryl methyl sites for hydroxylation is 1. The Morgan fingerprint density at radius 1 is 1.41 bits per heavy atom. The van der Waals surface area contributed by atoms with Crippen molar-refractivity contribution in [1.29, 1.82) is 0 Å². The number of aromatic nitrogens is 1. The molecule has 1 heterocycles. The van der Waals surface area contributed by atoms with Crippen LogP contribution in [0.15, 0.2) is 29.6 Å². The van der Waals surface area contributed by atoms with Gasteiger partial charge in [0.15, 0.2) is 5.11 Å². The third-order valence-electron chi connectivity index (χ3n) is 2.99. The Labute approximate surface area is 140 Å². The Hall–Kier alpha value is -1.50. The number of hydrogen-bond donors (Lipinski definition) is 2. The molecule has 1 aromatic carbocycles. The van der Waals surface area contributed by atoms with Crippen molar-refractivity contribution < 1.29 is 4.74 Å². The highest BCUT2D eigenvalue weighted by atomic mass is 32.1. The Bertz CT molecular complexity index is 613. The van der Waals surface area contributed by atoms with Gasteiger partial charge in [0.2, 0.25) is 0 Å². The first-order valence-electron chi connectivity index (χ1n) is 7.34. The van der Waals surface area contributed by atoms with Crippen LogP contribution in [0.1, 0.15) is 18.4 Å². The molecular formula is C16H21N3OS2. The predicted octanol–water partition coefficient (Wildman–Crippen LogP) is 3.83. The lowest BCUT2D eigenvalue weighted by atomic mass is 10.1. The number of ether oxygens (including phenoxy) is 1. The second-order valence-electron chi connectivity index (χ2n) is 4.76. The molecule has 22 heavy (non-hydrogen) atoms. The van der Waals surface area contributed by atoms with E-state index in [1.807, 2.05) is 26.0 Å². The van der Waals surface area contributed by atoms with Crippen LogP contribution in [-0.2, 0) is 4.74 Å². The second-order valence-corrected chi connectivity index (χ2v) is 6.23. The summed E-state index contributed by atoms with van der Waals surface area (Å²) in [5.41, 5.74) is 3.06. The molecule has 0 aliphatic carbocycles. The molecule has 0 fully saturated rings. The van der Waals surface area contributed by atoms with Crippen LogP contribution in [-0.4, -0.2) is 29.9 Å². The minimum absolute atomic E-state index is 0.628. The number of nitrogens with zero attached hydrogens (tertiary/aromatic N) is 1. The standard InChI is InChI=1S/C16H21N3OS2/c1-3-20-9-5-8-17-16(21)19-14-7-4-6-13(10-14)15-11-22-12(2)18-15/h4,6-7,10-11H,3,5,8-9H2,1-2H3,(H2,17,19,21). The molecule has 0 atom stereocenters. The van der Waals surface area contributed by atoms with Gasteiger partial charge in [0.1, 0.15) is 0 Å². The smallest absolute Gasteiger partial charge is 0.170 e. The van der Waals surface area contributed by atoms with E-state index < -0.39 is 0 Å². The average molecular weight is 335 g/mol. The zero-order valence-electron chi connectivity index (χ0n) is 12.9. The fraction of sp³-hybridized carbons (Fsp3) is 0.375. The van der Waals surface area contributed by atoms with Crippen LogP contribution in [0.4, 0.5) is 5.69 Å². The predicted molar refractivity (Wildman–Crippen MR) is 97.6 cm³/mol. The van der Waals surface area contributed by atoms with Crippen LogP contribution in [0, 0.1) is 6.92 Å². The molecule has 6 heteroatoms. The van der Waals surface area contributed by atoms with Crippen molar-refractivity contribution >= 4 is 34.4 Å². The van der Waals surface area contributed by atoms with E-state index in [0.717, 1.165) is 48.1 Å². The van der Waals surface area contributed by atoms with Gasteiger partial charge in [-0.05, 0) is 44.6 Å². The van der Waals surface area contributed by atoms with Crippen LogP contribution >= 0.6 is 23.6 Å². The van der Waals surface area contributed by atoms with Crippen LogP contribution in [0.2, 0.25) is 0 Å². The third kappa shape index (κ3) is 5.36. The van der Waals surface area contributed by atoms with Crippen LogP contribution in [0.3, 0.4) is 0 Å². The number of anilines is 1. The minimum atomic E-state index is 0.628. The van der Waals surface area contributed by atoms with Crippen molar-refractivity contribution in [2.24, 2.45) is 0 Å². The van der Waals surface area contributed by atoms with Gasteiger partial charge < -0.3 is 15.4 Å². The Balaban J connectivity index is 1.86. The van der Waals surface area contributed by atoms with E-state index in [-0.39, 0.29) is 0 Å². The van der Waals surface area contributed by atoms with Gasteiger partial charge in [-0.25, -0.2) is 4.98 Å². The molecule has 0 unspecified atom stereocenters. The first kappa shape index (κ1) is 16.9. The summed E-state index contributed by atoms with van der Waals surface area (Å²) in [6.07, 6.45) is 0.938. The zero-order valence-corrected chi connectivity index (χ0v) is 14.5. The summed E-state index contributed by atoms with van der Waals surface area (Å²) in [4.78, 5) is 4.51. The topological polar surface area (TPSA) is 46.2 Å². The Morgan fingerprint density at radius 3 is 3.00 bits per heavy atom. The van der Waals surface area contributed by atoms with Gasteiger partial charge in [0.25, 0.3) is 0 Å². The molecule has 2 N–H and O–H groups in total. The van der Waals surface area contributed by atoms with E-state index in [2.05, 4.69) is 33.1 Å². The van der Waals surface area contributed by atoms with Crippen LogP contribution in [0.5, 0.6) is 0 Å². The van der Waals surface area contributed by atoms with Gasteiger partial charge in [0, 0.05) is 36.4 Å². The van der Waals surface area contributed by atoms with E-state index in [4.69, 9.17) is 17.0 Å². The molecule has 0 amide bonds. The molecule has 0 radical (unpaired) electrons. The summed E-state index contributed by atoms with van der Waals surface area (Å²) in [6.45, 7) is 6.32. The SMILES string of the molecule is CCOCCCNC(=S)Nc1cccc(-c2csc(C)n2)c1. The van der Waals surface area contributed by atoms with Crippen molar-refractivity contribution in [2.45, 2.75) is 20.3 Å². The molecule has 2 aromatic rings. The zero-order chi connectivity index (χ0) is 15.8. The monoisotopic (exact) mass is 335 g/mol. The quantitative estimate of drug-likeness (QED) is 0.595. The largest absolute Gasteiger partial charge is 0.382 e. The van der Waals surface area contributed by atoms with Crippen LogP contribution < -0.4 is 10.6 Å². The van der Waals surface area contributed by atoms with Gasteiger partial charge >= 0.3 is 0 Å². The molecular weight excluding hydrogens is 314 g/mol. The van der Waals surface area contributed by atoms with E-state index in [1.165, 1.54) is 0 Å². The Kier molecular flexibility index (Phi) is 6.76. The van der Waals surface area contributed by atoms with Crippen molar-refractivity contribution in [3.63, 3.8) is 0 Å². The Morgan fingerprint density at radius 2 is 2.27 bits per heavy atom. The van der Waals surface area contributed by atoms with E-state index in [1.54, 1.807) is 11.3 Å². The molecule has 4 nitrogen and oxygen atoms in total. The summed E-state index contributed by atoms with van der Waals surface area (Å²) < 4.78 is 5.29. The fourth-order valence-corrected chi connectivity index (χ4v) is 2.79. The summed E-state index contributed by atoms with van der Waals surface area (Å²) in [6, 6.07) is 8.11. The third-order valence-corrected chi connectivity index (χ3v) is 4.01. The van der Waals surface area contributed by atoms with Gasteiger partial charge in [-0.15, -0.1) is 11.3 Å². The number of hydrogen-bond acceptors (Lipinski definition) is 4. The number of rotatable bonds is 7. The van der Waals surface area contributed by atoms with Crippen molar-refractivity contribution in [3.8, 4) is 11.3 Å². The molecule has 0 saturated heterocycles. The molecule has 1 aromatic heterocycles. The minimum Gasteiger partial charge on any atom is -0.382 e. The summed E-state index contributed by atoms with van der Waals surface area (Å²) >= 11 is 6.96. The lowest BCUT2D eigenvalue weighted by molar-refractivity contribution is 0.146. The first-order chi connectivity index (χ1) is 10.7. The van der Waals surface area contributed by atoms with E-state index >= 15 is 0 Å². The molecule has 2 rings (SSSR count). The van der Waals surface area contributed by atoms with Crippen molar-refractivity contribution in [3.05, 3.63) is 34.7 Å². The summed E-state index contributed by atoms with van der Waals surface area (Å²) in [7, 11) is 0. The highest BCUT2D eigenvalue weighted by Gasteiger charge is 2.04. The molecule has 0 saturated carbocycles. The number of nitrogens with one attached hydrogen (secondary N) is 2. The maximum absolute atomic E-state index is 5.30. The highest BCUT2D eigenvalue weighted by molar-refractivity contribution is 7.80. The highest BCUT2D eigenvalue weighted by Crippen LogP contribution is 2.24. The van der Waals surface area contributed by atoms with Crippen molar-refractivity contribution in [2.75, 3.05) is 25.1 Å². The van der Waals surface area contributed by atoms with E-state index in [0.29, 0.717) is 5.11 Å². The van der Waals surface area contributed by atoms with Gasteiger partial charge in [-0.3, -0.25) is 0 Å². The van der Waals surface area contributed by atoms with Crippen molar-refractivity contribution in [1.82, 2.24) is 10.3 Å². The van der Waals surface area contributed by atoms with Gasteiger partial charge in [-0.2, -0.15) is 0 Å². The lowest BCUT2D eigenvalue weighted by Gasteiger charge is -2.11. The van der Waals surface area contributed by atoms with Gasteiger partial charge in [-0.1, -0.05) is 12.1 Å². The fourth-order valence-electron chi connectivity index (χ4n) is 1.95. The average Bonchev–Trinajstić information content (AvgIpc) is 2.94. The molecule has 118 valence electrons. The molecule has 0 aliphatic heterocycles. The van der Waals surface area contributed by atoms with Crippen LogP contribution in [0.25, 0.3) is 11.3 Å². The van der Waals surface area contributed by atoms with E-state index in [9.17, 15) is 0 Å². The summed E-state index contributed by atoms with van der Waals surface area (Å²) in [5, 5.41) is 10.2. The normalized spacial score (nSPS) is 10.5. The second kappa shape index (κ2) is 8.82. The molecule has 0 bridgehead atoms. The number of thiazole rings is 1. The van der Waals surface area contributed by atoms with Gasteiger partial charge in [0.05, 0.1) is 10.7 Å². The first-order valence-corrected chi connectivity index (χ1v) is 8.63. The molecule has 0 spiro atoms. The summed E-state index contributed by atoms with van der Waals surface area (Å²) in [5.74, 6) is 0. The number of benzene rings is 1. The maximum atomic E-state index is 5.30.